The van der Waals surface area contributed by atoms with Gasteiger partial charge in [0.05, 0.1) is 11.7 Å². The van der Waals surface area contributed by atoms with Crippen molar-refractivity contribution < 1.29 is 0 Å². The minimum Gasteiger partial charge on any atom is -0.317 e. The van der Waals surface area contributed by atoms with Gasteiger partial charge >= 0.3 is 0 Å². The summed E-state index contributed by atoms with van der Waals surface area (Å²) in [5.41, 5.74) is 2.09. The SMILES string of the molecule is CN1CCc2c(sc3ncn(CC4CCCCC4)c(=N)c23)C1. The van der Waals surface area contributed by atoms with Gasteiger partial charge in [0.15, 0.2) is 0 Å². The number of hydrogen-bond donors (Lipinski definition) is 1. The zero-order valence-electron chi connectivity index (χ0n) is 13.3. The molecule has 118 valence electrons. The fourth-order valence-corrected chi connectivity index (χ4v) is 5.23. The zero-order chi connectivity index (χ0) is 15.1. The predicted molar refractivity (Wildman–Crippen MR) is 90.1 cm³/mol. The fraction of sp³-hybridized carbons (Fsp3) is 0.647. The molecule has 2 aliphatic rings. The summed E-state index contributed by atoms with van der Waals surface area (Å²) in [5.74, 6) is 0.739. The predicted octanol–water partition coefficient (Wildman–Crippen LogP) is 3.15. The standard InChI is InChI=1S/C17H24N4S/c1-20-8-7-13-14(10-20)22-17-15(13)16(18)21(11-19-17)9-12-5-3-2-4-6-12/h11-12,18H,2-10H2,1H3. The van der Waals surface area contributed by atoms with Gasteiger partial charge in [-0.25, -0.2) is 4.98 Å². The van der Waals surface area contributed by atoms with Crippen molar-refractivity contribution in [2.24, 2.45) is 5.92 Å². The van der Waals surface area contributed by atoms with E-state index in [-0.39, 0.29) is 0 Å². The lowest BCUT2D eigenvalue weighted by Crippen LogP contribution is -2.28. The topological polar surface area (TPSA) is 44.9 Å². The summed E-state index contributed by atoms with van der Waals surface area (Å²) in [5, 5.41) is 9.81. The summed E-state index contributed by atoms with van der Waals surface area (Å²) in [6.45, 7) is 3.08. The van der Waals surface area contributed by atoms with Gasteiger partial charge in [-0.15, -0.1) is 11.3 Å². The molecule has 4 rings (SSSR count). The van der Waals surface area contributed by atoms with Gasteiger partial charge in [-0.1, -0.05) is 19.3 Å². The van der Waals surface area contributed by atoms with Crippen LogP contribution >= 0.6 is 11.3 Å². The van der Waals surface area contributed by atoms with Crippen LogP contribution in [-0.4, -0.2) is 28.0 Å². The number of hydrogen-bond acceptors (Lipinski definition) is 4. The second kappa shape index (κ2) is 5.78. The lowest BCUT2D eigenvalue weighted by atomic mass is 9.89. The molecule has 1 N–H and O–H groups in total. The zero-order valence-corrected chi connectivity index (χ0v) is 14.1. The molecule has 22 heavy (non-hydrogen) atoms. The van der Waals surface area contributed by atoms with Gasteiger partial charge in [-0.2, -0.15) is 0 Å². The van der Waals surface area contributed by atoms with Gasteiger partial charge in [-0.05, 0) is 37.8 Å². The van der Waals surface area contributed by atoms with Gasteiger partial charge in [0, 0.05) is 24.5 Å². The van der Waals surface area contributed by atoms with Crippen LogP contribution in [0.3, 0.4) is 0 Å². The van der Waals surface area contributed by atoms with Crippen LogP contribution in [0.4, 0.5) is 0 Å². The van der Waals surface area contributed by atoms with E-state index < -0.39 is 0 Å². The van der Waals surface area contributed by atoms with Crippen molar-refractivity contribution in [2.75, 3.05) is 13.6 Å². The van der Waals surface area contributed by atoms with Gasteiger partial charge in [0.2, 0.25) is 0 Å². The number of fused-ring (bicyclic) bond motifs is 3. The minimum absolute atomic E-state index is 0.692. The molecule has 0 bridgehead atoms. The van der Waals surface area contributed by atoms with Crippen LogP contribution in [0.25, 0.3) is 10.2 Å². The summed E-state index contributed by atoms with van der Waals surface area (Å²) < 4.78 is 2.10. The summed E-state index contributed by atoms with van der Waals surface area (Å²) in [6.07, 6.45) is 9.70. The molecule has 2 aromatic heterocycles. The molecule has 0 spiro atoms. The van der Waals surface area contributed by atoms with E-state index in [1.54, 1.807) is 11.3 Å². The molecule has 0 saturated heterocycles. The number of nitrogens with one attached hydrogen (secondary N) is 1. The van der Waals surface area contributed by atoms with E-state index in [9.17, 15) is 0 Å². The van der Waals surface area contributed by atoms with Crippen LogP contribution in [0.1, 0.15) is 42.5 Å². The Bertz CT molecular complexity index is 739. The van der Waals surface area contributed by atoms with Crippen LogP contribution in [0, 0.1) is 11.3 Å². The van der Waals surface area contributed by atoms with E-state index in [1.807, 2.05) is 6.33 Å². The maximum atomic E-state index is 8.68. The first kappa shape index (κ1) is 14.4. The molecule has 4 nitrogen and oxygen atoms in total. The average Bonchev–Trinajstić information content (AvgIpc) is 2.89. The van der Waals surface area contributed by atoms with Crippen LogP contribution in [0.15, 0.2) is 6.33 Å². The Morgan fingerprint density at radius 2 is 2.14 bits per heavy atom. The van der Waals surface area contributed by atoms with Gasteiger partial charge in [0.25, 0.3) is 0 Å². The van der Waals surface area contributed by atoms with E-state index >= 15 is 0 Å². The Hall–Kier alpha value is -1.20. The van der Waals surface area contributed by atoms with Crippen molar-refractivity contribution in [3.63, 3.8) is 0 Å². The van der Waals surface area contributed by atoms with Crippen LogP contribution in [0.2, 0.25) is 0 Å². The Balaban J connectivity index is 1.72. The van der Waals surface area contributed by atoms with E-state index in [2.05, 4.69) is 21.5 Å². The molecule has 0 amide bonds. The molecule has 1 aliphatic heterocycles. The summed E-state index contributed by atoms with van der Waals surface area (Å²) in [6, 6.07) is 0. The molecular formula is C17H24N4S. The highest BCUT2D eigenvalue weighted by atomic mass is 32.1. The molecule has 0 aromatic carbocycles. The number of nitrogens with zero attached hydrogens (tertiary/aromatic N) is 3. The highest BCUT2D eigenvalue weighted by Gasteiger charge is 2.22. The fourth-order valence-electron chi connectivity index (χ4n) is 3.96. The molecule has 0 atom stereocenters. The van der Waals surface area contributed by atoms with E-state index in [4.69, 9.17) is 5.41 Å². The normalized spacial score (nSPS) is 20.4. The number of thiophene rings is 1. The van der Waals surface area contributed by atoms with E-state index in [0.29, 0.717) is 5.49 Å². The van der Waals surface area contributed by atoms with Gasteiger partial charge in [0.1, 0.15) is 10.3 Å². The third kappa shape index (κ3) is 2.50. The third-order valence-corrected chi connectivity index (χ3v) is 6.37. The van der Waals surface area contributed by atoms with E-state index in [0.717, 1.165) is 42.2 Å². The third-order valence-electron chi connectivity index (χ3n) is 5.25. The van der Waals surface area contributed by atoms with Crippen molar-refractivity contribution in [3.05, 3.63) is 22.3 Å². The highest BCUT2D eigenvalue weighted by Crippen LogP contribution is 2.32. The molecule has 1 fully saturated rings. The Morgan fingerprint density at radius 3 is 2.95 bits per heavy atom. The number of likely N-dealkylation sites (N-methyl/N-ethyl adjacent to an activating group) is 1. The van der Waals surface area contributed by atoms with Crippen molar-refractivity contribution in [3.8, 4) is 0 Å². The lowest BCUT2D eigenvalue weighted by Gasteiger charge is -2.23. The molecule has 1 saturated carbocycles. The summed E-state index contributed by atoms with van der Waals surface area (Å²) in [7, 11) is 2.17. The molecule has 0 unspecified atom stereocenters. The average molecular weight is 316 g/mol. The second-order valence-corrected chi connectivity index (χ2v) is 8.00. The Labute approximate surface area is 135 Å². The first-order chi connectivity index (χ1) is 10.7. The lowest BCUT2D eigenvalue weighted by molar-refractivity contribution is 0.313. The summed E-state index contributed by atoms with van der Waals surface area (Å²) in [4.78, 5) is 9.52. The Kier molecular flexibility index (Phi) is 3.78. The van der Waals surface area contributed by atoms with Gasteiger partial charge < -0.3 is 9.47 Å². The van der Waals surface area contributed by atoms with Crippen LogP contribution < -0.4 is 5.49 Å². The maximum absolute atomic E-state index is 8.68. The number of rotatable bonds is 2. The van der Waals surface area contributed by atoms with E-state index in [1.165, 1.54) is 42.5 Å². The molecule has 2 aromatic rings. The Morgan fingerprint density at radius 1 is 1.32 bits per heavy atom. The minimum atomic E-state index is 0.692. The molecule has 0 radical (unpaired) electrons. The maximum Gasteiger partial charge on any atom is 0.136 e. The summed E-state index contributed by atoms with van der Waals surface area (Å²) >= 11 is 1.79. The highest BCUT2D eigenvalue weighted by molar-refractivity contribution is 7.18. The van der Waals surface area contributed by atoms with Gasteiger partial charge in [-0.3, -0.25) is 5.41 Å². The number of aromatic nitrogens is 2. The molecule has 5 heteroatoms. The van der Waals surface area contributed by atoms with Crippen molar-refractivity contribution in [1.29, 1.82) is 5.41 Å². The first-order valence-electron chi connectivity index (χ1n) is 8.45. The molecule has 3 heterocycles. The quantitative estimate of drug-likeness (QED) is 0.925. The second-order valence-electron chi connectivity index (χ2n) is 6.92. The van der Waals surface area contributed by atoms with Crippen LogP contribution in [-0.2, 0) is 19.5 Å². The smallest absolute Gasteiger partial charge is 0.136 e. The monoisotopic (exact) mass is 316 g/mol. The van der Waals surface area contributed by atoms with Crippen molar-refractivity contribution in [2.45, 2.75) is 51.6 Å². The largest absolute Gasteiger partial charge is 0.317 e. The van der Waals surface area contributed by atoms with Crippen molar-refractivity contribution in [1.82, 2.24) is 14.5 Å². The van der Waals surface area contributed by atoms with Crippen LogP contribution in [0.5, 0.6) is 0 Å². The molecular weight excluding hydrogens is 292 g/mol. The van der Waals surface area contributed by atoms with Crippen molar-refractivity contribution >= 4 is 21.6 Å². The molecule has 1 aliphatic carbocycles. The first-order valence-corrected chi connectivity index (χ1v) is 9.27.